The number of rotatable bonds is 3. The topological polar surface area (TPSA) is 108 Å². The second kappa shape index (κ2) is 7.42. The van der Waals surface area contributed by atoms with Crippen LogP contribution in [-0.2, 0) is 19.6 Å². The number of ether oxygens (including phenoxy) is 1. The number of amidine groups is 1. The summed E-state index contributed by atoms with van der Waals surface area (Å²) in [5.41, 5.74) is 0.289. The second-order valence-corrected chi connectivity index (χ2v) is 12.9. The van der Waals surface area contributed by atoms with Crippen LogP contribution in [0.15, 0.2) is 38.8 Å². The number of carbonyl (C=O) groups excluding carboxylic acids is 1. The van der Waals surface area contributed by atoms with E-state index >= 15 is 0 Å². The zero-order valence-electron chi connectivity index (χ0n) is 18.1. The van der Waals surface area contributed by atoms with Crippen molar-refractivity contribution in [1.29, 1.82) is 0 Å². The Morgan fingerprint density at radius 1 is 1.28 bits per heavy atom. The van der Waals surface area contributed by atoms with Crippen molar-refractivity contribution in [2.45, 2.75) is 63.2 Å². The number of aliphatic hydroxyl groups is 1. The molecule has 2 bridgehead atoms. The van der Waals surface area contributed by atoms with Gasteiger partial charge >= 0.3 is 0 Å². The van der Waals surface area contributed by atoms with Crippen LogP contribution in [0, 0.1) is 14.9 Å². The molecule has 5 rings (SSSR count). The van der Waals surface area contributed by atoms with Crippen LogP contribution in [0.3, 0.4) is 0 Å². The maximum absolute atomic E-state index is 13.7. The number of hydrogen-bond acceptors (Lipinski definition) is 6. The Balaban J connectivity index is 1.59. The Bertz CT molecular complexity index is 1170. The summed E-state index contributed by atoms with van der Waals surface area (Å²) in [6.45, 7) is 6.84. The average Bonchev–Trinajstić information content (AvgIpc) is 3.29. The van der Waals surface area contributed by atoms with Gasteiger partial charge in [0.1, 0.15) is 16.2 Å². The number of carbonyl (C=O) groups is 1. The highest BCUT2D eigenvalue weighted by atomic mass is 127. The third-order valence-electron chi connectivity index (χ3n) is 6.67. The lowest BCUT2D eigenvalue weighted by atomic mass is 9.77. The molecule has 1 aromatic rings. The third kappa shape index (κ3) is 3.54. The summed E-state index contributed by atoms with van der Waals surface area (Å²) in [6.07, 6.45) is 2.15. The van der Waals surface area contributed by atoms with Gasteiger partial charge in [-0.1, -0.05) is 20.8 Å². The molecule has 2 saturated heterocycles. The summed E-state index contributed by atoms with van der Waals surface area (Å²) < 4.78 is 36.6. The Kier molecular flexibility index (Phi) is 5.14. The summed E-state index contributed by atoms with van der Waals surface area (Å²) >= 11 is 2.04. The van der Waals surface area contributed by atoms with Gasteiger partial charge < -0.3 is 20.1 Å². The third-order valence-corrected chi connectivity index (χ3v) is 8.65. The molecule has 0 saturated carbocycles. The molecule has 0 radical (unpaired) electrons. The minimum absolute atomic E-state index is 0.0116. The molecule has 2 N–H and O–H groups in total. The van der Waals surface area contributed by atoms with Crippen molar-refractivity contribution in [2.75, 3.05) is 11.9 Å². The van der Waals surface area contributed by atoms with Gasteiger partial charge in [0, 0.05) is 10.1 Å². The zero-order valence-corrected chi connectivity index (χ0v) is 21.1. The number of nitrogens with one attached hydrogen (secondary N) is 1. The van der Waals surface area contributed by atoms with E-state index in [1.54, 1.807) is 17.0 Å². The fourth-order valence-electron chi connectivity index (χ4n) is 5.11. The molecule has 4 aliphatic rings. The fraction of sp³-hybridized carbons (Fsp3) is 0.545. The summed E-state index contributed by atoms with van der Waals surface area (Å²) in [6, 6.07) is 4.72. The van der Waals surface area contributed by atoms with E-state index in [4.69, 9.17) is 4.74 Å². The Labute approximate surface area is 201 Å². The highest BCUT2D eigenvalue weighted by Gasteiger charge is 2.58. The number of sulfonamides is 1. The first-order valence-electron chi connectivity index (χ1n) is 10.8. The number of halogens is 1. The lowest BCUT2D eigenvalue weighted by Gasteiger charge is -2.43. The second-order valence-electron chi connectivity index (χ2n) is 10.1. The van der Waals surface area contributed by atoms with Crippen LogP contribution < -0.4 is 5.32 Å². The van der Waals surface area contributed by atoms with E-state index < -0.39 is 15.9 Å². The lowest BCUT2D eigenvalue weighted by molar-refractivity contribution is -0.132. The van der Waals surface area contributed by atoms with Gasteiger partial charge in [-0.25, -0.2) is 0 Å². The summed E-state index contributed by atoms with van der Waals surface area (Å²) in [5, 5.41) is 14.2. The monoisotopic (exact) mass is 571 g/mol. The first-order valence-corrected chi connectivity index (χ1v) is 13.3. The van der Waals surface area contributed by atoms with Crippen molar-refractivity contribution in [3.63, 3.8) is 0 Å². The molecule has 8 nitrogen and oxygen atoms in total. The van der Waals surface area contributed by atoms with Gasteiger partial charge in [-0.05, 0) is 65.5 Å². The summed E-state index contributed by atoms with van der Waals surface area (Å²) in [4.78, 5) is 15.5. The van der Waals surface area contributed by atoms with Crippen LogP contribution in [0.5, 0.6) is 0 Å². The highest BCUT2D eigenvalue weighted by molar-refractivity contribution is 14.1. The predicted molar refractivity (Wildman–Crippen MR) is 128 cm³/mol. The maximum atomic E-state index is 13.7. The van der Waals surface area contributed by atoms with Crippen LogP contribution in [0.1, 0.15) is 40.0 Å². The van der Waals surface area contributed by atoms with Gasteiger partial charge in [0.2, 0.25) is 0 Å². The van der Waals surface area contributed by atoms with Crippen molar-refractivity contribution in [2.24, 2.45) is 15.7 Å². The normalized spacial score (nSPS) is 30.7. The number of benzene rings is 1. The number of anilines is 1. The first-order chi connectivity index (χ1) is 15.0. The van der Waals surface area contributed by atoms with Gasteiger partial charge in [-0.2, -0.15) is 8.42 Å². The molecule has 1 aromatic carbocycles. The number of nitrogens with zero attached hydrogens (tertiary/aromatic N) is 2. The van der Waals surface area contributed by atoms with Gasteiger partial charge in [0.25, 0.3) is 15.9 Å². The van der Waals surface area contributed by atoms with E-state index in [1.165, 1.54) is 6.07 Å². The molecule has 0 spiro atoms. The molecule has 4 heterocycles. The van der Waals surface area contributed by atoms with E-state index in [1.807, 2.05) is 22.6 Å². The largest absolute Gasteiger partial charge is 0.511 e. The standard InChI is InChI=1S/C22H26IN3O5S/c1-22(2,3)8-9-26-18-14-7-6-13(31-14)16(18)19(27)17(21(26)28)20-24-12-5-4-11(23)10-15(12)32(29,30)25-20/h4-5,10,13-14,16,18,27H,6-9H2,1-3H3,(H,24,25). The fourth-order valence-corrected chi connectivity index (χ4v) is 6.96. The van der Waals surface area contributed by atoms with Crippen molar-refractivity contribution in [1.82, 2.24) is 4.90 Å². The minimum Gasteiger partial charge on any atom is -0.511 e. The van der Waals surface area contributed by atoms with Crippen LogP contribution in [0.25, 0.3) is 0 Å². The lowest BCUT2D eigenvalue weighted by Crippen LogP contribution is -2.56. The molecule has 4 unspecified atom stereocenters. The Hall–Kier alpha value is -1.66. The van der Waals surface area contributed by atoms with Gasteiger partial charge in [-0.3, -0.25) is 4.79 Å². The van der Waals surface area contributed by atoms with Crippen LogP contribution in [0.4, 0.5) is 5.69 Å². The number of fused-ring (bicyclic) bond motifs is 6. The molecule has 10 heteroatoms. The number of hydrogen-bond donors (Lipinski definition) is 2. The molecule has 32 heavy (non-hydrogen) atoms. The van der Waals surface area contributed by atoms with Crippen LogP contribution >= 0.6 is 22.6 Å². The van der Waals surface area contributed by atoms with Crippen molar-refractivity contribution >= 4 is 50.0 Å². The van der Waals surface area contributed by atoms with E-state index in [2.05, 4.69) is 30.5 Å². The molecular weight excluding hydrogens is 545 g/mol. The predicted octanol–water partition coefficient (Wildman–Crippen LogP) is 3.44. The van der Waals surface area contributed by atoms with Crippen molar-refractivity contribution in [3.8, 4) is 0 Å². The molecular formula is C22H26IN3O5S. The van der Waals surface area contributed by atoms with Crippen LogP contribution in [0.2, 0.25) is 0 Å². The number of amides is 1. The van der Waals surface area contributed by atoms with Crippen molar-refractivity contribution < 1.29 is 23.1 Å². The van der Waals surface area contributed by atoms with E-state index in [0.29, 0.717) is 12.2 Å². The van der Waals surface area contributed by atoms with Gasteiger partial charge in [0.05, 0.1) is 29.9 Å². The van der Waals surface area contributed by atoms with E-state index in [0.717, 1.165) is 22.8 Å². The van der Waals surface area contributed by atoms with Crippen LogP contribution in [-0.4, -0.2) is 55.0 Å². The first kappa shape index (κ1) is 22.1. The summed E-state index contributed by atoms with van der Waals surface area (Å²) in [7, 11) is -4.02. The molecule has 4 aliphatic heterocycles. The van der Waals surface area contributed by atoms with E-state index in [-0.39, 0.29) is 51.6 Å². The maximum Gasteiger partial charge on any atom is 0.286 e. The molecule has 1 amide bonds. The summed E-state index contributed by atoms with van der Waals surface area (Å²) in [5.74, 6) is -1.01. The Morgan fingerprint density at radius 3 is 2.72 bits per heavy atom. The van der Waals surface area contributed by atoms with Crippen molar-refractivity contribution in [3.05, 3.63) is 33.1 Å². The zero-order chi connectivity index (χ0) is 23.0. The minimum atomic E-state index is -4.02. The highest BCUT2D eigenvalue weighted by Crippen LogP contribution is 2.48. The SMILES string of the molecule is CC(C)(C)CCN1C(=O)C(C2=NS(=O)(=O)c3cc(I)ccc3N2)=C(O)C2C3CCC(O3)C21. The smallest absolute Gasteiger partial charge is 0.286 e. The van der Waals surface area contributed by atoms with Gasteiger partial charge in [0.15, 0.2) is 5.84 Å². The molecule has 0 aromatic heterocycles. The van der Waals surface area contributed by atoms with E-state index in [9.17, 15) is 18.3 Å². The molecule has 4 atom stereocenters. The Morgan fingerprint density at radius 2 is 2.00 bits per heavy atom. The molecule has 0 aliphatic carbocycles. The van der Waals surface area contributed by atoms with Gasteiger partial charge in [-0.15, -0.1) is 4.40 Å². The average molecular weight is 571 g/mol. The quantitative estimate of drug-likeness (QED) is 0.539. The molecule has 2 fully saturated rings. The molecule has 172 valence electrons. The number of aliphatic hydroxyl groups excluding tert-OH is 1.